The summed E-state index contributed by atoms with van der Waals surface area (Å²) in [5.41, 5.74) is 1.94. The highest BCUT2D eigenvalue weighted by Gasteiger charge is 2.03. The molecule has 0 radical (unpaired) electrons. The van der Waals surface area contributed by atoms with Gasteiger partial charge in [-0.05, 0) is 24.6 Å². The predicted octanol–water partition coefficient (Wildman–Crippen LogP) is 2.62. The molecule has 1 aromatic carbocycles. The second-order valence-corrected chi connectivity index (χ2v) is 3.57. The van der Waals surface area contributed by atoms with Gasteiger partial charge in [0.2, 0.25) is 0 Å². The minimum Gasteiger partial charge on any atom is -0.469 e. The number of benzene rings is 1. The molecule has 15 heavy (non-hydrogen) atoms. The summed E-state index contributed by atoms with van der Waals surface area (Å²) < 4.78 is 4.54. The summed E-state index contributed by atoms with van der Waals surface area (Å²) in [4.78, 5) is 10.9. The van der Waals surface area contributed by atoms with E-state index in [9.17, 15) is 4.79 Å². The van der Waals surface area contributed by atoms with Crippen molar-refractivity contribution >= 4 is 23.3 Å². The predicted molar refractivity (Wildman–Crippen MR) is 61.3 cm³/mol. The van der Waals surface area contributed by atoms with Crippen LogP contribution in [-0.2, 0) is 9.53 Å². The minimum absolute atomic E-state index is 0.220. The molecule has 0 aliphatic carbocycles. The van der Waals surface area contributed by atoms with E-state index in [0.717, 1.165) is 16.3 Å². The Morgan fingerprint density at radius 3 is 2.93 bits per heavy atom. The van der Waals surface area contributed by atoms with Gasteiger partial charge < -0.3 is 10.1 Å². The van der Waals surface area contributed by atoms with Crippen LogP contribution in [0.2, 0.25) is 5.02 Å². The van der Waals surface area contributed by atoms with E-state index in [2.05, 4.69) is 10.1 Å². The van der Waals surface area contributed by atoms with Gasteiger partial charge in [0.15, 0.2) is 0 Å². The van der Waals surface area contributed by atoms with Gasteiger partial charge in [-0.2, -0.15) is 0 Å². The number of rotatable bonds is 4. The fraction of sp³-hybridized carbons (Fsp3) is 0.364. The van der Waals surface area contributed by atoms with Gasteiger partial charge in [0.25, 0.3) is 0 Å². The number of nitrogens with one attached hydrogen (secondary N) is 1. The molecule has 0 fully saturated rings. The van der Waals surface area contributed by atoms with Gasteiger partial charge in [-0.25, -0.2) is 0 Å². The maximum absolute atomic E-state index is 10.9. The van der Waals surface area contributed by atoms with Gasteiger partial charge in [0, 0.05) is 17.3 Å². The van der Waals surface area contributed by atoms with Crippen LogP contribution in [0.3, 0.4) is 0 Å². The van der Waals surface area contributed by atoms with Crippen molar-refractivity contribution in [1.82, 2.24) is 0 Å². The van der Waals surface area contributed by atoms with Crippen molar-refractivity contribution in [2.24, 2.45) is 0 Å². The van der Waals surface area contributed by atoms with Crippen LogP contribution in [0.25, 0.3) is 0 Å². The van der Waals surface area contributed by atoms with Crippen molar-refractivity contribution < 1.29 is 9.53 Å². The lowest BCUT2D eigenvalue weighted by atomic mass is 10.2. The third kappa shape index (κ3) is 3.44. The fourth-order valence-electron chi connectivity index (χ4n) is 1.20. The molecule has 0 saturated carbocycles. The van der Waals surface area contributed by atoms with Gasteiger partial charge in [-0.15, -0.1) is 0 Å². The molecule has 0 atom stereocenters. The Balaban J connectivity index is 2.51. The summed E-state index contributed by atoms with van der Waals surface area (Å²) in [6, 6.07) is 5.64. The number of anilines is 1. The standard InChI is InChI=1S/C11H14ClNO2/c1-8-9(12)4-3-5-10(8)13-7-6-11(14)15-2/h3-5,13H,6-7H2,1-2H3. The van der Waals surface area contributed by atoms with Crippen molar-refractivity contribution in [2.45, 2.75) is 13.3 Å². The van der Waals surface area contributed by atoms with Crippen molar-refractivity contribution in [3.8, 4) is 0 Å². The summed E-state index contributed by atoms with van der Waals surface area (Å²) in [5.74, 6) is -0.220. The van der Waals surface area contributed by atoms with E-state index >= 15 is 0 Å². The van der Waals surface area contributed by atoms with Gasteiger partial charge in [-0.3, -0.25) is 4.79 Å². The van der Waals surface area contributed by atoms with Gasteiger partial charge in [-0.1, -0.05) is 17.7 Å². The molecule has 0 aromatic heterocycles. The summed E-state index contributed by atoms with van der Waals surface area (Å²) in [6.45, 7) is 2.48. The van der Waals surface area contributed by atoms with Crippen LogP contribution in [0.1, 0.15) is 12.0 Å². The SMILES string of the molecule is COC(=O)CCNc1cccc(Cl)c1C. The molecule has 82 valence electrons. The number of hydrogen-bond acceptors (Lipinski definition) is 3. The maximum atomic E-state index is 10.9. The highest BCUT2D eigenvalue weighted by atomic mass is 35.5. The Bertz CT molecular complexity index is 352. The molecule has 0 aliphatic rings. The fourth-order valence-corrected chi connectivity index (χ4v) is 1.37. The van der Waals surface area contributed by atoms with Gasteiger partial charge in [0.05, 0.1) is 13.5 Å². The lowest BCUT2D eigenvalue weighted by molar-refractivity contribution is -0.140. The van der Waals surface area contributed by atoms with Crippen molar-refractivity contribution in [3.05, 3.63) is 28.8 Å². The molecule has 0 amide bonds. The second-order valence-electron chi connectivity index (χ2n) is 3.17. The molecule has 0 unspecified atom stereocenters. The van der Waals surface area contributed by atoms with Gasteiger partial charge in [0.1, 0.15) is 0 Å². The quantitative estimate of drug-likeness (QED) is 0.804. The molecule has 0 saturated heterocycles. The van der Waals surface area contributed by atoms with E-state index in [4.69, 9.17) is 11.6 Å². The molecule has 1 rings (SSSR count). The Kier molecular flexibility index (Phi) is 4.43. The van der Waals surface area contributed by atoms with Crippen molar-refractivity contribution in [1.29, 1.82) is 0 Å². The van der Waals surface area contributed by atoms with E-state index < -0.39 is 0 Å². The third-order valence-electron chi connectivity index (χ3n) is 2.14. The zero-order valence-corrected chi connectivity index (χ0v) is 9.60. The average molecular weight is 228 g/mol. The average Bonchev–Trinajstić information content (AvgIpc) is 2.24. The highest BCUT2D eigenvalue weighted by molar-refractivity contribution is 6.31. The molecule has 0 heterocycles. The zero-order chi connectivity index (χ0) is 11.3. The Hall–Kier alpha value is -1.22. The molecule has 1 N–H and O–H groups in total. The summed E-state index contributed by atoms with van der Waals surface area (Å²) in [5, 5.41) is 3.85. The largest absolute Gasteiger partial charge is 0.469 e. The van der Waals surface area contributed by atoms with Crippen LogP contribution < -0.4 is 5.32 Å². The number of halogens is 1. The second kappa shape index (κ2) is 5.61. The van der Waals surface area contributed by atoms with E-state index in [1.165, 1.54) is 7.11 Å². The van der Waals surface area contributed by atoms with E-state index in [0.29, 0.717) is 13.0 Å². The number of methoxy groups -OCH3 is 1. The molecule has 0 aliphatic heterocycles. The third-order valence-corrected chi connectivity index (χ3v) is 2.55. The van der Waals surface area contributed by atoms with Crippen LogP contribution in [-0.4, -0.2) is 19.6 Å². The molecule has 1 aromatic rings. The number of carbonyl (C=O) groups excluding carboxylic acids is 1. The Morgan fingerprint density at radius 1 is 1.53 bits per heavy atom. The summed E-state index contributed by atoms with van der Waals surface area (Å²) >= 11 is 5.95. The highest BCUT2D eigenvalue weighted by Crippen LogP contribution is 2.22. The number of ether oxygens (including phenoxy) is 1. The Morgan fingerprint density at radius 2 is 2.27 bits per heavy atom. The van der Waals surface area contributed by atoms with Crippen molar-refractivity contribution in [3.63, 3.8) is 0 Å². The number of hydrogen-bond donors (Lipinski definition) is 1. The summed E-state index contributed by atoms with van der Waals surface area (Å²) in [7, 11) is 1.38. The molecule has 4 heteroatoms. The first-order valence-corrected chi connectivity index (χ1v) is 5.08. The van der Waals surface area contributed by atoms with E-state index in [-0.39, 0.29) is 5.97 Å². The van der Waals surface area contributed by atoms with Crippen LogP contribution in [0.4, 0.5) is 5.69 Å². The molecule has 3 nitrogen and oxygen atoms in total. The minimum atomic E-state index is -0.220. The van der Waals surface area contributed by atoms with Crippen LogP contribution >= 0.6 is 11.6 Å². The van der Waals surface area contributed by atoms with Crippen LogP contribution in [0, 0.1) is 6.92 Å². The Labute approximate surface area is 94.4 Å². The monoisotopic (exact) mass is 227 g/mol. The number of esters is 1. The lowest BCUT2D eigenvalue weighted by Gasteiger charge is -2.09. The lowest BCUT2D eigenvalue weighted by Crippen LogP contribution is -2.10. The maximum Gasteiger partial charge on any atom is 0.307 e. The first kappa shape index (κ1) is 11.9. The first-order valence-electron chi connectivity index (χ1n) is 4.71. The zero-order valence-electron chi connectivity index (χ0n) is 8.84. The van der Waals surface area contributed by atoms with E-state index in [1.54, 1.807) is 0 Å². The normalized spacial score (nSPS) is 9.80. The smallest absolute Gasteiger partial charge is 0.307 e. The van der Waals surface area contributed by atoms with Crippen LogP contribution in [0.5, 0.6) is 0 Å². The molecular formula is C11H14ClNO2. The molecule has 0 spiro atoms. The van der Waals surface area contributed by atoms with Crippen molar-refractivity contribution in [2.75, 3.05) is 19.0 Å². The summed E-state index contributed by atoms with van der Waals surface area (Å²) in [6.07, 6.45) is 0.350. The van der Waals surface area contributed by atoms with Crippen LogP contribution in [0.15, 0.2) is 18.2 Å². The van der Waals surface area contributed by atoms with Gasteiger partial charge >= 0.3 is 5.97 Å². The molecular weight excluding hydrogens is 214 g/mol. The number of carbonyl (C=O) groups is 1. The van der Waals surface area contributed by atoms with E-state index in [1.807, 2.05) is 25.1 Å². The first-order chi connectivity index (χ1) is 7.15. The molecule has 0 bridgehead atoms. The topological polar surface area (TPSA) is 38.3 Å².